The van der Waals surface area contributed by atoms with Crippen molar-refractivity contribution in [1.29, 1.82) is 0 Å². The fraction of sp³-hybridized carbons (Fsp3) is 0.344. The molecule has 0 amide bonds. The second-order valence-electron chi connectivity index (χ2n) is 10.7. The van der Waals surface area contributed by atoms with Gasteiger partial charge in [0.1, 0.15) is 5.82 Å². The number of anilines is 3. The van der Waals surface area contributed by atoms with E-state index in [9.17, 15) is 0 Å². The van der Waals surface area contributed by atoms with Gasteiger partial charge in [0.05, 0.1) is 11.0 Å². The van der Waals surface area contributed by atoms with Crippen LogP contribution in [0.3, 0.4) is 0 Å². The molecule has 43 heavy (non-hydrogen) atoms. The van der Waals surface area contributed by atoms with Crippen LogP contribution in [0.25, 0.3) is 27.5 Å². The summed E-state index contributed by atoms with van der Waals surface area (Å²) in [6, 6.07) is 25.8. The molecule has 0 spiro atoms. The molecule has 240 valence electrons. The number of nitrogens with zero attached hydrogens (tertiary/aromatic N) is 5. The van der Waals surface area contributed by atoms with Gasteiger partial charge in [0.2, 0.25) is 11.9 Å². The van der Waals surface area contributed by atoms with Crippen LogP contribution in [0, 0.1) is 0 Å². The average molecular weight is 615 g/mol. The van der Waals surface area contributed by atoms with Crippen LogP contribution in [0.2, 0.25) is 0 Å². The van der Waals surface area contributed by atoms with Crippen molar-refractivity contribution in [1.82, 2.24) is 44.1 Å². The zero-order chi connectivity index (χ0) is 25.3. The van der Waals surface area contributed by atoms with E-state index in [1.54, 1.807) is 0 Å². The maximum atomic E-state index is 4.99. The Morgan fingerprint density at radius 3 is 1.79 bits per heavy atom. The van der Waals surface area contributed by atoms with Crippen LogP contribution < -0.4 is 34.8 Å². The van der Waals surface area contributed by atoms with Crippen molar-refractivity contribution < 1.29 is 5.71 Å². The molecule has 3 heterocycles. The monoisotopic (exact) mass is 614 g/mol. The van der Waals surface area contributed by atoms with E-state index in [-0.39, 0.29) is 42.7 Å². The van der Waals surface area contributed by atoms with E-state index in [1.807, 2.05) is 0 Å². The van der Waals surface area contributed by atoms with Crippen LogP contribution in [0.15, 0.2) is 72.8 Å². The van der Waals surface area contributed by atoms with Gasteiger partial charge in [0.15, 0.2) is 0 Å². The highest BCUT2D eigenvalue weighted by Gasteiger charge is 2.23. The van der Waals surface area contributed by atoms with Crippen LogP contribution in [0.4, 0.5) is 17.6 Å². The predicted octanol–water partition coefficient (Wildman–Crippen LogP) is 9.80. The Labute approximate surface area is 266 Å². The zero-order valence-corrected chi connectivity index (χ0v) is 25.9. The summed E-state index contributed by atoms with van der Waals surface area (Å²) in [6.07, 6.45) is 9.91. The first-order valence-corrected chi connectivity index (χ1v) is 14.2. The normalized spacial score (nSPS) is 14.8. The van der Waals surface area contributed by atoms with E-state index in [4.69, 9.17) is 15.0 Å². The average Bonchev–Trinajstić information content (AvgIpc) is 3.33. The number of hydrogen-bond acceptors (Lipinski definition) is 9. The molecule has 0 unspecified atom stereocenters. The lowest BCUT2D eigenvalue weighted by molar-refractivity contribution is 0.427. The third-order valence-corrected chi connectivity index (χ3v) is 8.21. The maximum Gasteiger partial charge on any atom is 0.232 e. The van der Waals surface area contributed by atoms with Crippen LogP contribution in [0.5, 0.6) is 0 Å². The summed E-state index contributed by atoms with van der Waals surface area (Å²) >= 11 is 0. The minimum atomic E-state index is 0. The molecular weight excluding hydrogens is 560 g/mol. The van der Waals surface area contributed by atoms with E-state index in [0.29, 0.717) is 11.9 Å². The zero-order valence-electron chi connectivity index (χ0n) is 25.0. The highest BCUT2D eigenvalue weighted by atomic mass is 35.5. The van der Waals surface area contributed by atoms with Gasteiger partial charge in [-0.25, -0.2) is 0 Å². The Balaban J connectivity index is -0.00000215. The molecule has 0 atom stereocenters. The van der Waals surface area contributed by atoms with Crippen molar-refractivity contribution in [3.05, 3.63) is 78.6 Å². The van der Waals surface area contributed by atoms with Crippen molar-refractivity contribution >= 4 is 51.8 Å². The number of halogens is 1. The molecule has 7 rings (SSSR count). The second kappa shape index (κ2) is 15.6. The molecule has 2 aromatic heterocycles. The first-order valence-electron chi connectivity index (χ1n) is 14.2. The van der Waals surface area contributed by atoms with Crippen molar-refractivity contribution in [2.75, 3.05) is 23.3 Å². The molecule has 3 aromatic carbocycles. The molecule has 10 nitrogen and oxygen atoms in total. The van der Waals surface area contributed by atoms with E-state index in [2.05, 4.69) is 87.6 Å². The summed E-state index contributed by atoms with van der Waals surface area (Å²) in [5, 5.41) is 6.06. The van der Waals surface area contributed by atoms with Gasteiger partial charge in [0, 0.05) is 46.9 Å². The molecule has 1 aliphatic carbocycles. The van der Waals surface area contributed by atoms with Gasteiger partial charge in [-0.15, -0.1) is 12.4 Å². The quantitative estimate of drug-likeness (QED) is 0.128. The molecule has 1 aliphatic heterocycles. The van der Waals surface area contributed by atoms with Crippen LogP contribution in [-0.2, 0) is 0 Å². The first-order chi connectivity index (χ1) is 18.8. The summed E-state index contributed by atoms with van der Waals surface area (Å²) in [6.45, 7) is 2.06. The van der Waals surface area contributed by atoms with Crippen molar-refractivity contribution in [3.63, 3.8) is 0 Å². The number of rotatable bonds is 5. The SMILES string of the molecule is Cl.N.N.N.N.[HH].[HH].[HH].[HH].c1ccc2c(c1)c1ccccc1n2-c1ccc(Nc2nc(C3CCCCC3)nc(N3CCCCC3)n2)cc1. The third-order valence-electron chi connectivity index (χ3n) is 8.21. The fourth-order valence-electron chi connectivity index (χ4n) is 6.24. The smallest absolute Gasteiger partial charge is 0.232 e. The summed E-state index contributed by atoms with van der Waals surface area (Å²) < 4.78 is 2.34. The number of aromatic nitrogens is 4. The molecule has 1 saturated carbocycles. The van der Waals surface area contributed by atoms with Gasteiger partial charge >= 0.3 is 0 Å². The van der Waals surface area contributed by atoms with Gasteiger partial charge in [-0.05, 0) is 68.5 Å². The summed E-state index contributed by atoms with van der Waals surface area (Å²) in [5.74, 6) is 2.90. The summed E-state index contributed by atoms with van der Waals surface area (Å²) in [4.78, 5) is 17.2. The van der Waals surface area contributed by atoms with Crippen molar-refractivity contribution in [2.24, 2.45) is 0 Å². The largest absolute Gasteiger partial charge is 0.344 e. The Morgan fingerprint density at radius 2 is 1.19 bits per heavy atom. The Morgan fingerprint density at radius 1 is 0.628 bits per heavy atom. The number of fused-ring (bicyclic) bond motifs is 3. The maximum absolute atomic E-state index is 4.99. The molecule has 11 heteroatoms. The second-order valence-corrected chi connectivity index (χ2v) is 10.7. The Kier molecular flexibility index (Phi) is 12.8. The number of piperidine rings is 1. The van der Waals surface area contributed by atoms with E-state index >= 15 is 0 Å². The molecule has 13 N–H and O–H groups in total. The highest BCUT2D eigenvalue weighted by Crippen LogP contribution is 2.34. The first kappa shape index (κ1) is 35.4. The lowest BCUT2D eigenvalue weighted by Crippen LogP contribution is -2.31. The molecule has 2 fully saturated rings. The Hall–Kier alpha value is -3.80. The van der Waals surface area contributed by atoms with Gasteiger partial charge in [0.25, 0.3) is 0 Å². The summed E-state index contributed by atoms with van der Waals surface area (Å²) in [7, 11) is 0. The molecular formula is C32H55ClN10. The molecule has 1 saturated heterocycles. The Bertz CT molecular complexity index is 1510. The van der Waals surface area contributed by atoms with E-state index < -0.39 is 0 Å². The number of para-hydroxylation sites is 2. The third kappa shape index (κ3) is 7.06. The van der Waals surface area contributed by atoms with Gasteiger partial charge in [-0.2, -0.15) is 15.0 Å². The standard InChI is InChI=1S/C32H34N6.ClH.4H3N.4H2/c1-3-11-23(12-4-1)30-34-31(36-32(35-30)37-21-9-2-10-22-37)33-24-17-19-25(20-18-24)38-28-15-7-5-13-26(28)27-14-6-8-16-29(27)38;;;;;;;;;/h5-8,13-20,23H,1-4,9-12,21-22H2,(H,33,34,35,36);1H;4*1H3;4*1H. The lowest BCUT2D eigenvalue weighted by Gasteiger charge is -2.28. The fourth-order valence-corrected chi connectivity index (χ4v) is 6.24. The minimum Gasteiger partial charge on any atom is -0.344 e. The number of nitrogens with one attached hydrogen (secondary N) is 1. The lowest BCUT2D eigenvalue weighted by atomic mass is 9.89. The molecule has 5 aromatic rings. The van der Waals surface area contributed by atoms with E-state index in [0.717, 1.165) is 36.2 Å². The number of hydrogen-bond donors (Lipinski definition) is 5. The molecule has 0 bridgehead atoms. The minimum absolute atomic E-state index is 0. The number of benzene rings is 3. The van der Waals surface area contributed by atoms with Crippen LogP contribution in [0.1, 0.15) is 68.8 Å². The highest BCUT2D eigenvalue weighted by molar-refractivity contribution is 6.09. The molecule has 2 aliphatic rings. The van der Waals surface area contributed by atoms with E-state index in [1.165, 1.54) is 73.2 Å². The predicted molar refractivity (Wildman–Crippen MR) is 192 cm³/mol. The van der Waals surface area contributed by atoms with Gasteiger partial charge in [-0.1, -0.05) is 55.7 Å². The van der Waals surface area contributed by atoms with Crippen LogP contribution >= 0.6 is 12.4 Å². The topological polar surface area (TPSA) is 199 Å². The van der Waals surface area contributed by atoms with Crippen LogP contribution in [-0.4, -0.2) is 32.6 Å². The van der Waals surface area contributed by atoms with Gasteiger partial charge in [-0.3, -0.25) is 0 Å². The van der Waals surface area contributed by atoms with Crippen molar-refractivity contribution in [2.45, 2.75) is 57.3 Å². The summed E-state index contributed by atoms with van der Waals surface area (Å²) in [5.41, 5.74) is 4.56. The van der Waals surface area contributed by atoms with Gasteiger partial charge < -0.3 is 39.4 Å². The molecule has 0 radical (unpaired) electrons. The van der Waals surface area contributed by atoms with Crippen molar-refractivity contribution in [3.8, 4) is 5.69 Å².